The highest BCUT2D eigenvalue weighted by molar-refractivity contribution is 6.05. The summed E-state index contributed by atoms with van der Waals surface area (Å²) in [6, 6.07) is 2.68. The van der Waals surface area contributed by atoms with E-state index in [2.05, 4.69) is 0 Å². The minimum atomic E-state index is -2.13. The lowest BCUT2D eigenvalue weighted by atomic mass is 9.74. The highest BCUT2D eigenvalue weighted by Gasteiger charge is 2.50. The van der Waals surface area contributed by atoms with Crippen LogP contribution in [0.15, 0.2) is 18.2 Å². The molecule has 0 radical (unpaired) electrons. The van der Waals surface area contributed by atoms with Crippen LogP contribution in [0.2, 0.25) is 0 Å². The minimum Gasteiger partial charge on any atom is -0.480 e. The molecule has 138 valence electrons. The maximum absolute atomic E-state index is 14.0. The summed E-state index contributed by atoms with van der Waals surface area (Å²) in [6.45, 7) is 6.83. The Morgan fingerprint density at radius 3 is 2.36 bits per heavy atom. The number of ether oxygens (including phenoxy) is 1. The number of carboxylic acid groups (broad SMARTS) is 1. The SMILES string of the molecule is CCC(C)OC(=O)C(CC(C)C)(C(=O)O)c1ccc([N+](=O)[O-])c(F)c1. The van der Waals surface area contributed by atoms with Crippen LogP contribution < -0.4 is 0 Å². The summed E-state index contributed by atoms with van der Waals surface area (Å²) in [7, 11) is 0. The number of aliphatic carboxylic acids is 1. The van der Waals surface area contributed by atoms with Gasteiger partial charge < -0.3 is 9.84 Å². The van der Waals surface area contributed by atoms with Crippen molar-refractivity contribution in [3.63, 3.8) is 0 Å². The van der Waals surface area contributed by atoms with Crippen molar-refractivity contribution in [2.24, 2.45) is 5.92 Å². The molecule has 1 N–H and O–H groups in total. The highest BCUT2D eigenvalue weighted by atomic mass is 19.1. The number of carbonyl (C=O) groups excluding carboxylic acids is 1. The van der Waals surface area contributed by atoms with E-state index in [0.29, 0.717) is 6.42 Å². The Morgan fingerprint density at radius 2 is 1.96 bits per heavy atom. The number of halogens is 1. The number of nitro benzene ring substituents is 1. The first-order valence-electron chi connectivity index (χ1n) is 7.95. The van der Waals surface area contributed by atoms with E-state index < -0.39 is 39.9 Å². The Kier molecular flexibility index (Phi) is 6.61. The van der Waals surface area contributed by atoms with Crippen LogP contribution in [0, 0.1) is 21.8 Å². The second-order valence-corrected chi connectivity index (χ2v) is 6.36. The third kappa shape index (κ3) is 4.32. The maximum atomic E-state index is 14.0. The topological polar surface area (TPSA) is 107 Å². The van der Waals surface area contributed by atoms with Crippen molar-refractivity contribution in [2.75, 3.05) is 0 Å². The molecule has 0 aliphatic rings. The molecule has 7 nitrogen and oxygen atoms in total. The number of benzene rings is 1. The number of carbonyl (C=O) groups is 2. The van der Waals surface area contributed by atoms with Gasteiger partial charge in [0.25, 0.3) is 0 Å². The lowest BCUT2D eigenvalue weighted by molar-refractivity contribution is -0.387. The van der Waals surface area contributed by atoms with Gasteiger partial charge >= 0.3 is 17.6 Å². The van der Waals surface area contributed by atoms with Gasteiger partial charge in [0.2, 0.25) is 5.82 Å². The lowest BCUT2D eigenvalue weighted by Gasteiger charge is -2.30. The first-order chi connectivity index (χ1) is 11.6. The predicted octanol–water partition coefficient (Wildman–Crippen LogP) is 3.44. The molecule has 0 aliphatic carbocycles. The zero-order valence-corrected chi connectivity index (χ0v) is 14.6. The van der Waals surface area contributed by atoms with E-state index in [-0.39, 0.29) is 17.9 Å². The second kappa shape index (κ2) is 8.04. The molecule has 0 aromatic heterocycles. The molecule has 1 aromatic rings. The Labute approximate surface area is 144 Å². The van der Waals surface area contributed by atoms with Gasteiger partial charge in [-0.2, -0.15) is 4.39 Å². The number of nitro groups is 1. The van der Waals surface area contributed by atoms with Gasteiger partial charge in [-0.15, -0.1) is 0 Å². The summed E-state index contributed by atoms with van der Waals surface area (Å²) in [4.78, 5) is 34.6. The standard InChI is InChI=1S/C17H22FNO6/c1-5-11(4)25-16(22)17(15(20)21,9-10(2)3)12-6-7-14(19(23)24)13(18)8-12/h6-8,10-11H,5,9H2,1-4H3,(H,20,21). The van der Waals surface area contributed by atoms with Gasteiger partial charge in [0.1, 0.15) is 0 Å². The number of carboxylic acids is 1. The van der Waals surface area contributed by atoms with E-state index in [1.165, 1.54) is 0 Å². The van der Waals surface area contributed by atoms with Crippen LogP contribution in [0.3, 0.4) is 0 Å². The highest BCUT2D eigenvalue weighted by Crippen LogP contribution is 2.36. The third-order valence-electron chi connectivity index (χ3n) is 3.95. The minimum absolute atomic E-state index is 0.130. The average Bonchev–Trinajstić information content (AvgIpc) is 2.51. The van der Waals surface area contributed by atoms with Gasteiger partial charge in [-0.3, -0.25) is 19.7 Å². The molecule has 8 heteroatoms. The van der Waals surface area contributed by atoms with E-state index >= 15 is 0 Å². The smallest absolute Gasteiger partial charge is 0.328 e. The van der Waals surface area contributed by atoms with Crippen molar-refractivity contribution < 1.29 is 28.7 Å². The van der Waals surface area contributed by atoms with Crippen LogP contribution in [0.4, 0.5) is 10.1 Å². The molecule has 2 atom stereocenters. The molecule has 1 rings (SSSR count). The van der Waals surface area contributed by atoms with Crippen LogP contribution in [-0.4, -0.2) is 28.1 Å². The molecule has 0 fully saturated rings. The fraction of sp³-hybridized carbons (Fsp3) is 0.529. The monoisotopic (exact) mass is 355 g/mol. The normalized spacial score (nSPS) is 14.6. The first kappa shape index (κ1) is 20.5. The molecular weight excluding hydrogens is 333 g/mol. The van der Waals surface area contributed by atoms with Crippen molar-refractivity contribution in [1.82, 2.24) is 0 Å². The van der Waals surface area contributed by atoms with Crippen molar-refractivity contribution in [3.05, 3.63) is 39.7 Å². The summed E-state index contributed by atoms with van der Waals surface area (Å²) in [6.07, 6.45) is -0.159. The lowest BCUT2D eigenvalue weighted by Crippen LogP contribution is -2.47. The Morgan fingerprint density at radius 1 is 1.36 bits per heavy atom. The van der Waals surface area contributed by atoms with Gasteiger partial charge in [0, 0.05) is 6.07 Å². The largest absolute Gasteiger partial charge is 0.480 e. The van der Waals surface area contributed by atoms with E-state index in [1.54, 1.807) is 27.7 Å². The Balaban J connectivity index is 3.54. The Hall–Kier alpha value is -2.51. The Bertz CT molecular complexity index is 675. The third-order valence-corrected chi connectivity index (χ3v) is 3.95. The summed E-state index contributed by atoms with van der Waals surface area (Å²) < 4.78 is 19.3. The molecule has 0 spiro atoms. The second-order valence-electron chi connectivity index (χ2n) is 6.36. The molecule has 0 bridgehead atoms. The molecule has 2 unspecified atom stereocenters. The van der Waals surface area contributed by atoms with Gasteiger partial charge in [-0.25, -0.2) is 0 Å². The predicted molar refractivity (Wildman–Crippen MR) is 87.7 cm³/mol. The molecule has 0 heterocycles. The van der Waals surface area contributed by atoms with E-state index in [0.717, 1.165) is 18.2 Å². The zero-order chi connectivity index (χ0) is 19.4. The summed E-state index contributed by atoms with van der Waals surface area (Å²) in [5.41, 5.74) is -3.10. The van der Waals surface area contributed by atoms with Crippen molar-refractivity contribution >= 4 is 17.6 Å². The van der Waals surface area contributed by atoms with Crippen LogP contribution in [0.5, 0.6) is 0 Å². The van der Waals surface area contributed by atoms with E-state index in [4.69, 9.17) is 4.74 Å². The zero-order valence-electron chi connectivity index (χ0n) is 14.6. The van der Waals surface area contributed by atoms with Crippen LogP contribution in [-0.2, 0) is 19.7 Å². The van der Waals surface area contributed by atoms with Crippen molar-refractivity contribution in [2.45, 2.75) is 52.1 Å². The van der Waals surface area contributed by atoms with Crippen molar-refractivity contribution in [1.29, 1.82) is 0 Å². The summed E-state index contributed by atoms with van der Waals surface area (Å²) >= 11 is 0. The van der Waals surface area contributed by atoms with Crippen LogP contribution in [0.1, 0.15) is 46.1 Å². The number of nitrogens with zero attached hydrogens (tertiary/aromatic N) is 1. The number of hydrogen-bond donors (Lipinski definition) is 1. The molecule has 0 saturated heterocycles. The first-order valence-corrected chi connectivity index (χ1v) is 7.95. The number of esters is 1. The molecule has 25 heavy (non-hydrogen) atoms. The van der Waals surface area contributed by atoms with Gasteiger partial charge in [-0.1, -0.05) is 26.8 Å². The fourth-order valence-corrected chi connectivity index (χ4v) is 2.52. The van der Waals surface area contributed by atoms with Crippen molar-refractivity contribution in [3.8, 4) is 0 Å². The van der Waals surface area contributed by atoms with Crippen LogP contribution >= 0.6 is 0 Å². The summed E-state index contributed by atoms with van der Waals surface area (Å²) in [5.74, 6) is -3.91. The van der Waals surface area contributed by atoms with Crippen LogP contribution in [0.25, 0.3) is 0 Å². The average molecular weight is 355 g/mol. The number of rotatable bonds is 8. The number of hydrogen-bond acceptors (Lipinski definition) is 5. The molecule has 0 aliphatic heterocycles. The quantitative estimate of drug-likeness (QED) is 0.331. The molecule has 0 amide bonds. The summed E-state index contributed by atoms with van der Waals surface area (Å²) in [5, 5.41) is 20.6. The maximum Gasteiger partial charge on any atom is 0.328 e. The van der Waals surface area contributed by atoms with Gasteiger partial charge in [0.05, 0.1) is 11.0 Å². The fourth-order valence-electron chi connectivity index (χ4n) is 2.52. The van der Waals surface area contributed by atoms with Gasteiger partial charge in [-0.05, 0) is 37.3 Å². The van der Waals surface area contributed by atoms with E-state index in [9.17, 15) is 29.2 Å². The molecular formula is C17H22FNO6. The molecule has 1 aromatic carbocycles. The molecule has 0 saturated carbocycles. The van der Waals surface area contributed by atoms with Gasteiger partial charge in [0.15, 0.2) is 5.41 Å². The van der Waals surface area contributed by atoms with E-state index in [1.807, 2.05) is 0 Å².